The van der Waals surface area contributed by atoms with Gasteiger partial charge in [-0.3, -0.25) is 0 Å². The van der Waals surface area contributed by atoms with Crippen LogP contribution in [0.15, 0.2) is 35.0 Å². The average Bonchev–Trinajstić information content (AvgIpc) is 2.91. The maximum absolute atomic E-state index is 13.5. The molecule has 0 aliphatic carbocycles. The standard InChI is InChI=1S/C16H21FN2S/c1-3-15(18)9-13-8-14(17)4-5-16(13)19(2)10-12-6-7-20-11-12/h4-8,11,15H,3,9-10,18H2,1-2H3. The first-order valence-corrected chi connectivity index (χ1v) is 7.80. The highest BCUT2D eigenvalue weighted by molar-refractivity contribution is 7.07. The second-order valence-electron chi connectivity index (χ2n) is 5.13. The number of anilines is 1. The van der Waals surface area contributed by atoms with E-state index in [1.165, 1.54) is 11.6 Å². The van der Waals surface area contributed by atoms with Crippen LogP contribution in [0.4, 0.5) is 10.1 Å². The molecule has 2 rings (SSSR count). The third-order valence-corrected chi connectivity index (χ3v) is 4.19. The number of nitrogens with two attached hydrogens (primary N) is 1. The number of nitrogens with zero attached hydrogens (tertiary/aromatic N) is 1. The van der Waals surface area contributed by atoms with Gasteiger partial charge < -0.3 is 10.6 Å². The van der Waals surface area contributed by atoms with Gasteiger partial charge in [0.15, 0.2) is 0 Å². The molecule has 0 spiro atoms. The molecule has 0 saturated carbocycles. The molecule has 0 aliphatic rings. The lowest BCUT2D eigenvalue weighted by atomic mass is 10.0. The lowest BCUT2D eigenvalue weighted by Crippen LogP contribution is -2.24. The summed E-state index contributed by atoms with van der Waals surface area (Å²) in [5.74, 6) is -0.198. The van der Waals surface area contributed by atoms with Gasteiger partial charge in [-0.1, -0.05) is 6.92 Å². The Kier molecular flexibility index (Phi) is 5.15. The molecule has 4 heteroatoms. The first-order chi connectivity index (χ1) is 9.60. The predicted octanol–water partition coefficient (Wildman–Crippen LogP) is 3.80. The van der Waals surface area contributed by atoms with Crippen LogP contribution in [0.2, 0.25) is 0 Å². The van der Waals surface area contributed by atoms with Gasteiger partial charge >= 0.3 is 0 Å². The monoisotopic (exact) mass is 292 g/mol. The molecule has 1 unspecified atom stereocenters. The zero-order valence-electron chi connectivity index (χ0n) is 12.0. The van der Waals surface area contributed by atoms with Crippen molar-refractivity contribution in [1.82, 2.24) is 0 Å². The van der Waals surface area contributed by atoms with Crippen LogP contribution in [0.3, 0.4) is 0 Å². The van der Waals surface area contributed by atoms with Gasteiger partial charge in [-0.05, 0) is 59.0 Å². The molecule has 0 saturated heterocycles. The summed E-state index contributed by atoms with van der Waals surface area (Å²) in [5, 5.41) is 4.21. The summed E-state index contributed by atoms with van der Waals surface area (Å²) in [7, 11) is 2.03. The Morgan fingerprint density at radius 3 is 2.80 bits per heavy atom. The number of hydrogen-bond donors (Lipinski definition) is 1. The fraction of sp³-hybridized carbons (Fsp3) is 0.375. The summed E-state index contributed by atoms with van der Waals surface area (Å²) in [5.41, 5.74) is 9.33. The maximum Gasteiger partial charge on any atom is 0.123 e. The molecule has 0 radical (unpaired) electrons. The maximum atomic E-state index is 13.5. The molecule has 0 bridgehead atoms. The Morgan fingerprint density at radius 2 is 2.15 bits per heavy atom. The minimum absolute atomic E-state index is 0.0742. The van der Waals surface area contributed by atoms with Gasteiger partial charge in [0.25, 0.3) is 0 Å². The number of benzene rings is 1. The van der Waals surface area contributed by atoms with Crippen molar-refractivity contribution in [1.29, 1.82) is 0 Å². The van der Waals surface area contributed by atoms with E-state index in [0.717, 1.165) is 24.2 Å². The second-order valence-corrected chi connectivity index (χ2v) is 5.91. The van der Waals surface area contributed by atoms with Crippen molar-refractivity contribution in [3.8, 4) is 0 Å². The summed E-state index contributed by atoms with van der Waals surface area (Å²) in [6, 6.07) is 7.15. The van der Waals surface area contributed by atoms with E-state index < -0.39 is 0 Å². The number of rotatable bonds is 6. The zero-order chi connectivity index (χ0) is 14.5. The molecule has 108 valence electrons. The Labute approximate surface area is 124 Å². The van der Waals surface area contributed by atoms with E-state index in [-0.39, 0.29) is 11.9 Å². The van der Waals surface area contributed by atoms with Crippen LogP contribution < -0.4 is 10.6 Å². The normalized spacial score (nSPS) is 12.4. The zero-order valence-corrected chi connectivity index (χ0v) is 12.8. The average molecular weight is 292 g/mol. The first kappa shape index (κ1) is 15.0. The molecular formula is C16H21FN2S. The Morgan fingerprint density at radius 1 is 1.35 bits per heavy atom. The highest BCUT2D eigenvalue weighted by Gasteiger charge is 2.12. The van der Waals surface area contributed by atoms with Crippen molar-refractivity contribution in [2.45, 2.75) is 32.4 Å². The molecule has 0 fully saturated rings. The van der Waals surface area contributed by atoms with Gasteiger partial charge in [0.05, 0.1) is 0 Å². The van der Waals surface area contributed by atoms with Crippen molar-refractivity contribution in [2.75, 3.05) is 11.9 Å². The van der Waals surface area contributed by atoms with Gasteiger partial charge in [-0.2, -0.15) is 11.3 Å². The lowest BCUT2D eigenvalue weighted by Gasteiger charge is -2.23. The van der Waals surface area contributed by atoms with Crippen molar-refractivity contribution < 1.29 is 4.39 Å². The van der Waals surface area contributed by atoms with E-state index in [1.807, 2.05) is 13.1 Å². The minimum atomic E-state index is -0.198. The van der Waals surface area contributed by atoms with Crippen LogP contribution in [0.1, 0.15) is 24.5 Å². The van der Waals surface area contributed by atoms with Crippen molar-refractivity contribution in [3.63, 3.8) is 0 Å². The quantitative estimate of drug-likeness (QED) is 0.877. The van der Waals surface area contributed by atoms with Crippen LogP contribution in [-0.2, 0) is 13.0 Å². The number of halogens is 1. The molecule has 1 aromatic heterocycles. The van der Waals surface area contributed by atoms with E-state index in [2.05, 4.69) is 28.7 Å². The highest BCUT2D eigenvalue weighted by Crippen LogP contribution is 2.24. The summed E-state index contributed by atoms with van der Waals surface area (Å²) >= 11 is 1.69. The van der Waals surface area contributed by atoms with Crippen LogP contribution in [0.25, 0.3) is 0 Å². The van der Waals surface area contributed by atoms with Crippen molar-refractivity contribution >= 4 is 17.0 Å². The Bertz CT molecular complexity index is 539. The third-order valence-electron chi connectivity index (χ3n) is 3.46. The molecule has 0 amide bonds. The predicted molar refractivity (Wildman–Crippen MR) is 84.8 cm³/mol. The van der Waals surface area contributed by atoms with Crippen LogP contribution in [0, 0.1) is 5.82 Å². The molecule has 2 N–H and O–H groups in total. The topological polar surface area (TPSA) is 29.3 Å². The molecule has 2 nitrogen and oxygen atoms in total. The van der Waals surface area contributed by atoms with E-state index in [4.69, 9.17) is 5.73 Å². The fourth-order valence-electron chi connectivity index (χ4n) is 2.26. The third kappa shape index (κ3) is 3.81. The smallest absolute Gasteiger partial charge is 0.123 e. The van der Waals surface area contributed by atoms with Crippen molar-refractivity contribution in [3.05, 3.63) is 52.0 Å². The molecule has 2 aromatic rings. The lowest BCUT2D eigenvalue weighted by molar-refractivity contribution is 0.613. The first-order valence-electron chi connectivity index (χ1n) is 6.86. The summed E-state index contributed by atoms with van der Waals surface area (Å²) in [6.45, 7) is 2.88. The molecule has 20 heavy (non-hydrogen) atoms. The molecule has 1 atom stereocenters. The largest absolute Gasteiger partial charge is 0.370 e. The fourth-order valence-corrected chi connectivity index (χ4v) is 2.92. The summed E-state index contributed by atoms with van der Waals surface area (Å²) < 4.78 is 13.5. The SMILES string of the molecule is CCC(N)Cc1cc(F)ccc1N(C)Cc1ccsc1. The summed E-state index contributed by atoms with van der Waals surface area (Å²) in [6.07, 6.45) is 1.60. The molecule has 0 aliphatic heterocycles. The van der Waals surface area contributed by atoms with Gasteiger partial charge in [0.2, 0.25) is 0 Å². The van der Waals surface area contributed by atoms with E-state index in [0.29, 0.717) is 6.42 Å². The van der Waals surface area contributed by atoms with E-state index in [1.54, 1.807) is 17.4 Å². The Balaban J connectivity index is 2.20. The highest BCUT2D eigenvalue weighted by atomic mass is 32.1. The van der Waals surface area contributed by atoms with Crippen molar-refractivity contribution in [2.24, 2.45) is 5.73 Å². The summed E-state index contributed by atoms with van der Waals surface area (Å²) in [4.78, 5) is 2.15. The minimum Gasteiger partial charge on any atom is -0.370 e. The molecule has 1 aromatic carbocycles. The number of thiophene rings is 1. The van der Waals surface area contributed by atoms with Gasteiger partial charge in [0, 0.05) is 25.3 Å². The van der Waals surface area contributed by atoms with Crippen LogP contribution in [0.5, 0.6) is 0 Å². The van der Waals surface area contributed by atoms with Crippen LogP contribution >= 0.6 is 11.3 Å². The van der Waals surface area contributed by atoms with E-state index in [9.17, 15) is 4.39 Å². The van der Waals surface area contributed by atoms with Gasteiger partial charge in [0.1, 0.15) is 5.82 Å². The number of hydrogen-bond acceptors (Lipinski definition) is 3. The second kappa shape index (κ2) is 6.86. The van der Waals surface area contributed by atoms with Crippen LogP contribution in [-0.4, -0.2) is 13.1 Å². The Hall–Kier alpha value is -1.39. The van der Waals surface area contributed by atoms with E-state index >= 15 is 0 Å². The van der Waals surface area contributed by atoms with Gasteiger partial charge in [-0.15, -0.1) is 0 Å². The molecular weight excluding hydrogens is 271 g/mol. The molecule has 1 heterocycles. The van der Waals surface area contributed by atoms with Gasteiger partial charge in [-0.25, -0.2) is 4.39 Å².